The van der Waals surface area contributed by atoms with Gasteiger partial charge >= 0.3 is 0 Å². The van der Waals surface area contributed by atoms with Gasteiger partial charge < -0.3 is 5.32 Å². The van der Waals surface area contributed by atoms with Crippen LogP contribution >= 0.6 is 12.4 Å². The lowest BCUT2D eigenvalue weighted by Gasteiger charge is -2.35. The summed E-state index contributed by atoms with van der Waals surface area (Å²) < 4.78 is 12.9. The van der Waals surface area contributed by atoms with Crippen LogP contribution in [0.25, 0.3) is 0 Å². The molecule has 2 nitrogen and oxygen atoms in total. The van der Waals surface area contributed by atoms with E-state index in [0.717, 1.165) is 26.2 Å². The molecule has 1 heterocycles. The van der Waals surface area contributed by atoms with Gasteiger partial charge in [0.2, 0.25) is 0 Å². The van der Waals surface area contributed by atoms with E-state index in [1.54, 1.807) is 0 Å². The van der Waals surface area contributed by atoms with Crippen molar-refractivity contribution in [3.8, 4) is 0 Å². The fraction of sp³-hybridized carbons (Fsp3) is 0.647. The molecule has 1 aromatic carbocycles. The van der Waals surface area contributed by atoms with E-state index in [-0.39, 0.29) is 30.5 Å². The summed E-state index contributed by atoms with van der Waals surface area (Å²) in [5.41, 5.74) is 2.75. The molecule has 4 heteroatoms. The number of hydrogen-bond donors (Lipinski definition) is 1. The third-order valence-electron chi connectivity index (χ3n) is 4.14. The van der Waals surface area contributed by atoms with Gasteiger partial charge in [0.15, 0.2) is 0 Å². The first-order valence-corrected chi connectivity index (χ1v) is 7.63. The molecule has 1 aromatic rings. The summed E-state index contributed by atoms with van der Waals surface area (Å²) in [6, 6.07) is 8.98. The van der Waals surface area contributed by atoms with Crippen molar-refractivity contribution >= 4 is 12.4 Å². The van der Waals surface area contributed by atoms with Gasteiger partial charge in [-0.2, -0.15) is 0 Å². The van der Waals surface area contributed by atoms with Crippen molar-refractivity contribution in [1.82, 2.24) is 10.2 Å². The first kappa shape index (κ1) is 18.4. The van der Waals surface area contributed by atoms with E-state index in [1.165, 1.54) is 11.1 Å². The summed E-state index contributed by atoms with van der Waals surface area (Å²) in [5.74, 6) is 0. The van der Waals surface area contributed by atoms with Crippen molar-refractivity contribution in [3.63, 3.8) is 0 Å². The maximum absolute atomic E-state index is 12.9. The van der Waals surface area contributed by atoms with Crippen LogP contribution in [0.1, 0.15) is 44.4 Å². The Morgan fingerprint density at radius 1 is 1.14 bits per heavy atom. The van der Waals surface area contributed by atoms with Gasteiger partial charge in [-0.25, -0.2) is 0 Å². The second kappa shape index (κ2) is 8.11. The lowest BCUT2D eigenvalue weighted by Crippen LogP contribution is -2.45. The normalized spacial score (nSPS) is 18.1. The standard InChI is InChI=1S/C17H27FN2.ClH/c1-17(2,3)15-6-4-14(5-7-15)16(8-9-18)20-12-10-19-11-13-20;/h4-7,16,19H,8-13H2,1-3H3;1H/t16-;/m1./s1. The molecule has 0 bridgehead atoms. The topological polar surface area (TPSA) is 15.3 Å². The van der Waals surface area contributed by atoms with Gasteiger partial charge in [-0.15, -0.1) is 12.4 Å². The minimum Gasteiger partial charge on any atom is -0.314 e. The van der Waals surface area contributed by atoms with Gasteiger partial charge in [-0.05, 0) is 23.0 Å². The summed E-state index contributed by atoms with van der Waals surface area (Å²) in [5, 5.41) is 3.36. The Balaban J connectivity index is 0.00000220. The van der Waals surface area contributed by atoms with Crippen LogP contribution in [0, 0.1) is 0 Å². The summed E-state index contributed by atoms with van der Waals surface area (Å²) in [7, 11) is 0. The molecule has 1 saturated heterocycles. The van der Waals surface area contributed by atoms with E-state index < -0.39 is 0 Å². The van der Waals surface area contributed by atoms with Crippen molar-refractivity contribution < 1.29 is 4.39 Å². The van der Waals surface area contributed by atoms with Crippen LogP contribution in [0.4, 0.5) is 4.39 Å². The van der Waals surface area contributed by atoms with Crippen LogP contribution < -0.4 is 5.32 Å². The predicted octanol–water partition coefficient (Wildman–Crippen LogP) is 3.71. The van der Waals surface area contributed by atoms with Crippen LogP contribution in [0.3, 0.4) is 0 Å². The summed E-state index contributed by atoms with van der Waals surface area (Å²) in [6.07, 6.45) is 0.592. The van der Waals surface area contributed by atoms with Gasteiger partial charge in [0.05, 0.1) is 6.67 Å². The van der Waals surface area contributed by atoms with Gasteiger partial charge in [0, 0.05) is 32.2 Å². The summed E-state index contributed by atoms with van der Waals surface area (Å²) in [6.45, 7) is 10.4. The SMILES string of the molecule is CC(C)(C)c1ccc([C@@H](CCF)N2CCNCC2)cc1.Cl. The van der Waals surface area contributed by atoms with E-state index >= 15 is 0 Å². The highest BCUT2D eigenvalue weighted by Crippen LogP contribution is 2.28. The quantitative estimate of drug-likeness (QED) is 0.911. The molecule has 1 aliphatic heterocycles. The Hall–Kier alpha value is -0.640. The fourth-order valence-electron chi connectivity index (χ4n) is 2.86. The van der Waals surface area contributed by atoms with Crippen LogP contribution in [0.15, 0.2) is 24.3 Å². The summed E-state index contributed by atoms with van der Waals surface area (Å²) in [4.78, 5) is 2.40. The Bertz CT molecular complexity index is 408. The van der Waals surface area contributed by atoms with Crippen molar-refractivity contribution in [3.05, 3.63) is 35.4 Å². The van der Waals surface area contributed by atoms with E-state index in [1.807, 2.05) is 0 Å². The van der Waals surface area contributed by atoms with Crippen molar-refractivity contribution in [2.75, 3.05) is 32.9 Å². The number of hydrogen-bond acceptors (Lipinski definition) is 2. The smallest absolute Gasteiger partial charge is 0.0912 e. The molecule has 0 aromatic heterocycles. The van der Waals surface area contributed by atoms with Crippen molar-refractivity contribution in [2.45, 2.75) is 38.6 Å². The molecule has 0 amide bonds. The number of piperazine rings is 1. The number of halogens is 2. The predicted molar refractivity (Wildman–Crippen MR) is 90.2 cm³/mol. The molecule has 1 fully saturated rings. The Morgan fingerprint density at radius 2 is 1.71 bits per heavy atom. The average molecular weight is 315 g/mol. The number of nitrogens with one attached hydrogen (secondary N) is 1. The second-order valence-electron chi connectivity index (χ2n) is 6.65. The van der Waals surface area contributed by atoms with Gasteiger partial charge in [0.25, 0.3) is 0 Å². The zero-order valence-electron chi connectivity index (χ0n) is 13.4. The minimum atomic E-state index is -0.254. The Kier molecular flexibility index (Phi) is 7.11. The van der Waals surface area contributed by atoms with E-state index in [9.17, 15) is 4.39 Å². The van der Waals surface area contributed by atoms with Crippen molar-refractivity contribution in [2.24, 2.45) is 0 Å². The molecule has 0 radical (unpaired) electrons. The third kappa shape index (κ3) is 4.94. The number of rotatable bonds is 4. The maximum Gasteiger partial charge on any atom is 0.0912 e. The summed E-state index contributed by atoms with van der Waals surface area (Å²) >= 11 is 0. The molecule has 21 heavy (non-hydrogen) atoms. The van der Waals surface area contributed by atoms with Gasteiger partial charge in [-0.3, -0.25) is 9.29 Å². The Morgan fingerprint density at radius 3 is 2.19 bits per heavy atom. The molecule has 1 atom stereocenters. The first-order chi connectivity index (χ1) is 9.52. The molecule has 0 saturated carbocycles. The molecule has 1 aliphatic rings. The van der Waals surface area contributed by atoms with E-state index in [2.05, 4.69) is 55.3 Å². The lowest BCUT2D eigenvalue weighted by molar-refractivity contribution is 0.157. The van der Waals surface area contributed by atoms with Gasteiger partial charge in [-0.1, -0.05) is 45.0 Å². The first-order valence-electron chi connectivity index (χ1n) is 7.63. The maximum atomic E-state index is 12.9. The molecule has 0 spiro atoms. The van der Waals surface area contributed by atoms with E-state index in [0.29, 0.717) is 6.42 Å². The zero-order valence-corrected chi connectivity index (χ0v) is 14.2. The highest BCUT2D eigenvalue weighted by Gasteiger charge is 2.22. The fourth-order valence-corrected chi connectivity index (χ4v) is 2.86. The highest BCUT2D eigenvalue weighted by molar-refractivity contribution is 5.85. The number of nitrogens with zero attached hydrogens (tertiary/aromatic N) is 1. The molecule has 1 N–H and O–H groups in total. The third-order valence-corrected chi connectivity index (χ3v) is 4.14. The highest BCUT2D eigenvalue weighted by atomic mass is 35.5. The largest absolute Gasteiger partial charge is 0.314 e. The van der Waals surface area contributed by atoms with Gasteiger partial charge in [0.1, 0.15) is 0 Å². The molecular weight excluding hydrogens is 287 g/mol. The zero-order chi connectivity index (χ0) is 14.6. The monoisotopic (exact) mass is 314 g/mol. The average Bonchev–Trinajstić information content (AvgIpc) is 2.45. The van der Waals surface area contributed by atoms with Crippen molar-refractivity contribution in [1.29, 1.82) is 0 Å². The molecule has 0 unspecified atom stereocenters. The molecule has 2 rings (SSSR count). The van der Waals surface area contributed by atoms with E-state index in [4.69, 9.17) is 0 Å². The number of benzene rings is 1. The van der Waals surface area contributed by atoms with Crippen LogP contribution in [-0.2, 0) is 5.41 Å². The number of alkyl halides is 1. The Labute approximate surface area is 134 Å². The van der Waals surface area contributed by atoms with Crippen LogP contribution in [-0.4, -0.2) is 37.8 Å². The van der Waals surface area contributed by atoms with Crippen LogP contribution in [0.2, 0.25) is 0 Å². The second-order valence-corrected chi connectivity index (χ2v) is 6.65. The lowest BCUT2D eigenvalue weighted by atomic mass is 9.86. The molecular formula is C17H28ClFN2. The minimum absolute atomic E-state index is 0. The molecule has 0 aliphatic carbocycles. The molecule has 120 valence electrons. The van der Waals surface area contributed by atoms with Crippen LogP contribution in [0.5, 0.6) is 0 Å².